The second kappa shape index (κ2) is 18.5. The lowest BCUT2D eigenvalue weighted by molar-refractivity contribution is -0.345. The zero-order valence-electron chi connectivity index (χ0n) is 27.5. The van der Waals surface area contributed by atoms with Gasteiger partial charge in [-0.25, -0.2) is 0 Å². The van der Waals surface area contributed by atoms with Gasteiger partial charge in [0.2, 0.25) is 0 Å². The third-order valence-electron chi connectivity index (χ3n) is 6.39. The molecule has 0 spiro atoms. The highest BCUT2D eigenvalue weighted by atomic mass is 16.8. The largest absolute Gasteiger partial charge is 0.463 e. The van der Waals surface area contributed by atoms with E-state index in [0.717, 1.165) is 48.5 Å². The molecular formula is C28H37N3O18. The number of nitrogens with one attached hydrogen (secondary N) is 1. The van der Waals surface area contributed by atoms with Crippen LogP contribution in [0, 0.1) is 0 Å². The maximum Gasteiger partial charge on any atom is 0.344 e. The number of nitrogens with zero attached hydrogens (tertiary/aromatic N) is 2. The molecule has 1 N–H and O–H groups in total. The van der Waals surface area contributed by atoms with E-state index in [0.29, 0.717) is 6.21 Å². The predicted molar refractivity (Wildman–Crippen MR) is 151 cm³/mol. The third kappa shape index (κ3) is 12.5. The molecule has 0 aromatic carbocycles. The zero-order valence-corrected chi connectivity index (χ0v) is 27.5. The van der Waals surface area contributed by atoms with Crippen molar-refractivity contribution in [2.75, 3.05) is 13.2 Å². The number of ether oxygens (including phenoxy) is 10. The number of esters is 7. The Morgan fingerprint density at radius 2 is 0.980 bits per heavy atom. The highest BCUT2D eigenvalue weighted by Crippen LogP contribution is 2.35. The molecule has 2 saturated heterocycles. The molecule has 2 aliphatic rings. The van der Waals surface area contributed by atoms with Crippen LogP contribution >= 0.6 is 0 Å². The fourth-order valence-corrected chi connectivity index (χ4v) is 4.86. The van der Waals surface area contributed by atoms with E-state index >= 15 is 0 Å². The molecule has 0 aromatic rings. The molecule has 21 heteroatoms. The van der Waals surface area contributed by atoms with Gasteiger partial charge in [-0.2, -0.15) is 4.79 Å². The van der Waals surface area contributed by atoms with Crippen molar-refractivity contribution < 1.29 is 90.5 Å². The van der Waals surface area contributed by atoms with Crippen molar-refractivity contribution in [3.63, 3.8) is 0 Å². The summed E-state index contributed by atoms with van der Waals surface area (Å²) in [5.41, 5.74) is 8.79. The summed E-state index contributed by atoms with van der Waals surface area (Å²) < 4.78 is 55.2. The van der Waals surface area contributed by atoms with Crippen LogP contribution in [0.1, 0.15) is 48.5 Å². The van der Waals surface area contributed by atoms with Gasteiger partial charge in [0.25, 0.3) is 0 Å². The number of carbonyl (C=O) groups excluding carboxylic acids is 8. The second-order valence-electron chi connectivity index (χ2n) is 10.5. The Balaban J connectivity index is 2.75. The molecular weight excluding hydrogens is 666 g/mol. The number of amides is 1. The van der Waals surface area contributed by atoms with Gasteiger partial charge in [-0.05, 0) is 0 Å². The molecule has 2 rings (SSSR count). The minimum Gasteiger partial charge on any atom is -0.463 e. The first-order valence-electron chi connectivity index (χ1n) is 14.5. The van der Waals surface area contributed by atoms with Crippen molar-refractivity contribution in [1.29, 1.82) is 0 Å². The third-order valence-corrected chi connectivity index (χ3v) is 6.39. The lowest BCUT2D eigenvalue weighted by Gasteiger charge is -2.48. The van der Waals surface area contributed by atoms with Gasteiger partial charge in [-0.3, -0.25) is 38.4 Å². The van der Waals surface area contributed by atoms with Gasteiger partial charge in [-0.15, -0.1) is 0 Å². The van der Waals surface area contributed by atoms with E-state index < -0.39 is 122 Å². The molecule has 21 nitrogen and oxygen atoms in total. The molecule has 0 aliphatic carbocycles. The lowest BCUT2D eigenvalue weighted by Crippen LogP contribution is -2.69. The van der Waals surface area contributed by atoms with Gasteiger partial charge in [0, 0.05) is 48.5 Å². The summed E-state index contributed by atoms with van der Waals surface area (Å²) >= 11 is 0. The molecule has 2 fully saturated rings. The molecule has 0 unspecified atom stereocenters. The fraction of sp³-hybridized carbons (Fsp3) is 0.679. The number of rotatable bonds is 13. The van der Waals surface area contributed by atoms with Crippen molar-refractivity contribution in [3.8, 4) is 0 Å². The Hall–Kier alpha value is -4.98. The summed E-state index contributed by atoms with van der Waals surface area (Å²) in [5, 5.41) is 2.25. The van der Waals surface area contributed by atoms with E-state index in [9.17, 15) is 38.4 Å². The molecule has 0 aromatic heterocycles. The van der Waals surface area contributed by atoms with E-state index in [-0.39, 0.29) is 0 Å². The molecule has 2 heterocycles. The summed E-state index contributed by atoms with van der Waals surface area (Å²) in [4.78, 5) is 99.6. The minimum atomic E-state index is -1.86. The maximum absolute atomic E-state index is 12.4. The Morgan fingerprint density at radius 1 is 0.571 bits per heavy atom. The SMILES string of the molecule is CC(=O)OC[C@H]1O[C@@H](NC(=O)C=[N+]=[N-])[C@H](OC(C)=O)[C@@H](OC(C)=O)[C@@H]1O[C@@H]1O[C@H](COC(C)=O)[C@@H](OC(C)=O)[C@H](OC(C)=O)[C@H]1OC(C)=O. The quantitative estimate of drug-likeness (QED) is 0.0715. The van der Waals surface area contributed by atoms with Crippen molar-refractivity contribution >= 4 is 53.9 Å². The Bertz CT molecular complexity index is 1330. The van der Waals surface area contributed by atoms with Crippen molar-refractivity contribution in [3.05, 3.63) is 5.53 Å². The molecule has 0 bridgehead atoms. The Morgan fingerprint density at radius 3 is 1.43 bits per heavy atom. The molecule has 272 valence electrons. The summed E-state index contributed by atoms with van der Waals surface area (Å²) in [6, 6.07) is 0. The number of hydrogen-bond donors (Lipinski definition) is 1. The van der Waals surface area contributed by atoms with Gasteiger partial charge in [0.15, 0.2) is 43.0 Å². The smallest absolute Gasteiger partial charge is 0.344 e. The van der Waals surface area contributed by atoms with Crippen LogP contribution in [0.25, 0.3) is 5.53 Å². The van der Waals surface area contributed by atoms with Gasteiger partial charge >= 0.3 is 53.9 Å². The summed E-state index contributed by atoms with van der Waals surface area (Å²) in [6.45, 7) is 5.85. The lowest BCUT2D eigenvalue weighted by atomic mass is 9.95. The van der Waals surface area contributed by atoms with Crippen LogP contribution in [0.5, 0.6) is 0 Å². The first kappa shape index (κ1) is 40.2. The normalized spacial score (nSPS) is 29.0. The van der Waals surface area contributed by atoms with Crippen LogP contribution in [-0.2, 0) is 85.7 Å². The first-order chi connectivity index (χ1) is 22.9. The summed E-state index contributed by atoms with van der Waals surface area (Å²) in [5.74, 6) is -7.35. The van der Waals surface area contributed by atoms with E-state index in [2.05, 4.69) is 10.1 Å². The number of carbonyl (C=O) groups is 8. The standard InChI is InChI=1S/C28H37N3O18/c1-11(32)40-9-18-22(23(43-14(4)35)25(45-16(6)37)27(47-18)31-20(39)8-30-29)49-28-26(46-17(7)38)24(44-15(5)36)21(42-13(3)34)19(48-28)10-41-12(2)33/h8,18-19,21-28H,9-10H2,1-7H3,(H,31,39)/t18-,19-,21-,22-,23+,24+,25-,26-,27-,28+/m1/s1. The van der Waals surface area contributed by atoms with Crippen molar-refractivity contribution in [2.24, 2.45) is 0 Å². The van der Waals surface area contributed by atoms with E-state index in [1.807, 2.05) is 0 Å². The molecule has 0 radical (unpaired) electrons. The summed E-state index contributed by atoms with van der Waals surface area (Å²) in [6.07, 6.45) is -16.1. The maximum atomic E-state index is 12.4. The Labute approximate surface area is 278 Å². The van der Waals surface area contributed by atoms with Crippen LogP contribution < -0.4 is 5.32 Å². The summed E-state index contributed by atoms with van der Waals surface area (Å²) in [7, 11) is 0. The predicted octanol–water partition coefficient (Wildman–Crippen LogP) is -1.98. The molecule has 10 atom stereocenters. The van der Waals surface area contributed by atoms with Crippen molar-refractivity contribution in [1.82, 2.24) is 5.32 Å². The topological polar surface area (TPSA) is 277 Å². The highest BCUT2D eigenvalue weighted by Gasteiger charge is 2.57. The van der Waals surface area contributed by atoms with Crippen LogP contribution in [-0.4, -0.2) is 133 Å². The average molecular weight is 704 g/mol. The molecule has 0 saturated carbocycles. The van der Waals surface area contributed by atoms with Gasteiger partial charge in [-0.1, -0.05) is 0 Å². The molecule has 2 aliphatic heterocycles. The average Bonchev–Trinajstić information content (AvgIpc) is 2.95. The van der Waals surface area contributed by atoms with Gasteiger partial charge < -0.3 is 58.2 Å². The minimum absolute atomic E-state index is 0.441. The molecule has 49 heavy (non-hydrogen) atoms. The van der Waals surface area contributed by atoms with Gasteiger partial charge in [0.1, 0.15) is 31.5 Å². The first-order valence-corrected chi connectivity index (χ1v) is 14.5. The van der Waals surface area contributed by atoms with Crippen LogP contribution in [0.4, 0.5) is 0 Å². The number of hydrogen-bond acceptors (Lipinski definition) is 18. The second-order valence-corrected chi connectivity index (χ2v) is 10.5. The molecule has 1 amide bonds. The zero-order chi connectivity index (χ0) is 37.0. The van der Waals surface area contributed by atoms with Crippen LogP contribution in [0.3, 0.4) is 0 Å². The van der Waals surface area contributed by atoms with E-state index in [4.69, 9.17) is 52.9 Å². The fourth-order valence-electron chi connectivity index (χ4n) is 4.86. The van der Waals surface area contributed by atoms with Crippen molar-refractivity contribution in [2.45, 2.75) is 110 Å². The van der Waals surface area contributed by atoms with E-state index in [1.54, 1.807) is 0 Å². The van der Waals surface area contributed by atoms with Gasteiger partial charge in [0.05, 0.1) is 0 Å². The van der Waals surface area contributed by atoms with Crippen LogP contribution in [0.15, 0.2) is 0 Å². The van der Waals surface area contributed by atoms with E-state index in [1.165, 1.54) is 0 Å². The Kier molecular flexibility index (Phi) is 15.2. The van der Waals surface area contributed by atoms with Crippen LogP contribution in [0.2, 0.25) is 0 Å². The monoisotopic (exact) mass is 703 g/mol. The highest BCUT2D eigenvalue weighted by molar-refractivity contribution is 6.23.